The van der Waals surface area contributed by atoms with Gasteiger partial charge in [0, 0.05) is 13.7 Å². The molecule has 0 heterocycles. The van der Waals surface area contributed by atoms with E-state index in [0.29, 0.717) is 49.1 Å². The van der Waals surface area contributed by atoms with E-state index in [1.165, 1.54) is 31.4 Å². The summed E-state index contributed by atoms with van der Waals surface area (Å²) in [5.41, 5.74) is 0.754. The van der Waals surface area contributed by atoms with Crippen LogP contribution in [-0.4, -0.2) is 52.1 Å². The normalized spacial score (nSPS) is 10.4. The van der Waals surface area contributed by atoms with Crippen molar-refractivity contribution in [1.29, 1.82) is 0 Å². The number of methoxy groups -OCH3 is 1. The van der Waals surface area contributed by atoms with Crippen molar-refractivity contribution in [3.8, 4) is 11.5 Å². The van der Waals surface area contributed by atoms with Gasteiger partial charge in [-0.3, -0.25) is 0 Å². The zero-order chi connectivity index (χ0) is 20.2. The third-order valence-electron chi connectivity index (χ3n) is 3.61. The molecule has 2 rings (SSSR count). The molecule has 150 valence electrons. The summed E-state index contributed by atoms with van der Waals surface area (Å²) >= 11 is 0. The van der Waals surface area contributed by atoms with Crippen LogP contribution in [-0.2, 0) is 14.2 Å². The van der Waals surface area contributed by atoms with Gasteiger partial charge in [0.2, 0.25) is 0 Å². The molecule has 0 atom stereocenters. The van der Waals surface area contributed by atoms with Crippen LogP contribution in [0.3, 0.4) is 0 Å². The second-order valence-electron chi connectivity index (χ2n) is 5.61. The summed E-state index contributed by atoms with van der Waals surface area (Å²) in [7, 11) is 1.53. The van der Waals surface area contributed by atoms with Crippen LogP contribution in [0.2, 0.25) is 0 Å². The fraction of sp³-hybridized carbons (Fsp3) is 0.333. The standard InChI is InChI=1S/C21H24O7/c1-3-25-13-15-26-18-8-4-17(5-9-18)21(23)28-19-10-6-16(7-11-19)20(22)27-14-12-24-2/h4-11H,3,12-15H2,1-2H3. The predicted molar refractivity (Wildman–Crippen MR) is 102 cm³/mol. The lowest BCUT2D eigenvalue weighted by atomic mass is 10.2. The first-order valence-electron chi connectivity index (χ1n) is 8.93. The van der Waals surface area contributed by atoms with Gasteiger partial charge in [0.25, 0.3) is 0 Å². The number of ether oxygens (including phenoxy) is 5. The van der Waals surface area contributed by atoms with Gasteiger partial charge in [-0.25, -0.2) is 9.59 Å². The molecule has 0 aromatic heterocycles. The second-order valence-corrected chi connectivity index (χ2v) is 5.61. The molecule has 0 amide bonds. The van der Waals surface area contributed by atoms with E-state index in [1.54, 1.807) is 24.3 Å². The van der Waals surface area contributed by atoms with Gasteiger partial charge in [-0.15, -0.1) is 0 Å². The lowest BCUT2D eigenvalue weighted by molar-refractivity contribution is 0.0388. The molecule has 0 aliphatic heterocycles. The number of esters is 2. The van der Waals surface area contributed by atoms with E-state index < -0.39 is 11.9 Å². The van der Waals surface area contributed by atoms with Crippen LogP contribution in [0.1, 0.15) is 27.6 Å². The van der Waals surface area contributed by atoms with Crippen LogP contribution in [0.25, 0.3) is 0 Å². The average Bonchev–Trinajstić information content (AvgIpc) is 2.72. The Kier molecular flexibility index (Phi) is 8.97. The van der Waals surface area contributed by atoms with E-state index in [1.807, 2.05) is 6.92 Å². The number of carbonyl (C=O) groups is 2. The maximum absolute atomic E-state index is 12.2. The van der Waals surface area contributed by atoms with E-state index in [0.717, 1.165) is 0 Å². The molecular weight excluding hydrogens is 364 g/mol. The number of benzene rings is 2. The Morgan fingerprint density at radius 3 is 1.96 bits per heavy atom. The molecule has 0 N–H and O–H groups in total. The Bertz CT molecular complexity index is 738. The van der Waals surface area contributed by atoms with Crippen molar-refractivity contribution in [1.82, 2.24) is 0 Å². The Morgan fingerprint density at radius 2 is 1.36 bits per heavy atom. The van der Waals surface area contributed by atoms with E-state index in [2.05, 4.69) is 0 Å². The zero-order valence-corrected chi connectivity index (χ0v) is 16.0. The molecule has 28 heavy (non-hydrogen) atoms. The molecule has 0 unspecified atom stereocenters. The maximum Gasteiger partial charge on any atom is 0.343 e. The first-order valence-corrected chi connectivity index (χ1v) is 8.93. The predicted octanol–water partition coefficient (Wildman–Crippen LogP) is 3.12. The third-order valence-corrected chi connectivity index (χ3v) is 3.61. The highest BCUT2D eigenvalue weighted by atomic mass is 16.6. The van der Waals surface area contributed by atoms with E-state index in [9.17, 15) is 9.59 Å². The SMILES string of the molecule is CCOCCOc1ccc(C(=O)Oc2ccc(C(=O)OCCOC)cc2)cc1. The number of hydrogen-bond acceptors (Lipinski definition) is 7. The van der Waals surface area contributed by atoms with Gasteiger partial charge in [0.05, 0.1) is 24.3 Å². The quantitative estimate of drug-likeness (QED) is 0.332. The van der Waals surface area contributed by atoms with Crippen molar-refractivity contribution in [3.63, 3.8) is 0 Å². The molecular formula is C21H24O7. The van der Waals surface area contributed by atoms with Gasteiger partial charge in [-0.2, -0.15) is 0 Å². The van der Waals surface area contributed by atoms with Gasteiger partial charge in [0.1, 0.15) is 24.7 Å². The second kappa shape index (κ2) is 11.7. The summed E-state index contributed by atoms with van der Waals surface area (Å²) in [5.74, 6) is 0.00853. The summed E-state index contributed by atoms with van der Waals surface area (Å²) in [4.78, 5) is 24.0. The molecule has 0 saturated carbocycles. The minimum Gasteiger partial charge on any atom is -0.491 e. The lowest BCUT2D eigenvalue weighted by Gasteiger charge is -2.08. The zero-order valence-electron chi connectivity index (χ0n) is 16.0. The Hall–Kier alpha value is -2.90. The fourth-order valence-corrected chi connectivity index (χ4v) is 2.18. The first-order chi connectivity index (χ1) is 13.6. The third kappa shape index (κ3) is 7.02. The molecule has 2 aromatic rings. The van der Waals surface area contributed by atoms with Gasteiger partial charge in [0.15, 0.2) is 0 Å². The van der Waals surface area contributed by atoms with Crippen LogP contribution in [0, 0.1) is 0 Å². The highest BCUT2D eigenvalue weighted by Gasteiger charge is 2.11. The van der Waals surface area contributed by atoms with Crippen molar-refractivity contribution < 1.29 is 33.3 Å². The smallest absolute Gasteiger partial charge is 0.343 e. The molecule has 0 saturated heterocycles. The molecule has 7 nitrogen and oxygen atoms in total. The molecule has 7 heteroatoms. The van der Waals surface area contributed by atoms with Gasteiger partial charge in [-0.05, 0) is 55.5 Å². The minimum atomic E-state index is -0.503. The van der Waals surface area contributed by atoms with Crippen LogP contribution in [0.5, 0.6) is 11.5 Å². The summed E-state index contributed by atoms with van der Waals surface area (Å²) in [5, 5.41) is 0. The average molecular weight is 388 g/mol. The summed E-state index contributed by atoms with van der Waals surface area (Å²) < 4.78 is 25.9. The molecule has 0 aliphatic rings. The minimum absolute atomic E-state index is 0.178. The molecule has 0 bridgehead atoms. The van der Waals surface area contributed by atoms with Crippen molar-refractivity contribution in [2.24, 2.45) is 0 Å². The Balaban J connectivity index is 1.85. The highest BCUT2D eigenvalue weighted by molar-refractivity contribution is 5.92. The highest BCUT2D eigenvalue weighted by Crippen LogP contribution is 2.17. The molecule has 0 fully saturated rings. The van der Waals surface area contributed by atoms with Crippen LogP contribution < -0.4 is 9.47 Å². The summed E-state index contributed by atoms with van der Waals surface area (Å²) in [6, 6.07) is 12.8. The first kappa shape index (κ1) is 21.4. The number of carbonyl (C=O) groups excluding carboxylic acids is 2. The van der Waals surface area contributed by atoms with Crippen molar-refractivity contribution >= 4 is 11.9 Å². The molecule has 0 spiro atoms. The Labute approximate surface area is 164 Å². The van der Waals surface area contributed by atoms with Crippen molar-refractivity contribution in [3.05, 3.63) is 59.7 Å². The number of rotatable bonds is 11. The molecule has 0 aliphatic carbocycles. The van der Waals surface area contributed by atoms with E-state index >= 15 is 0 Å². The molecule has 2 aromatic carbocycles. The summed E-state index contributed by atoms with van der Waals surface area (Å²) in [6.07, 6.45) is 0. The lowest BCUT2D eigenvalue weighted by Crippen LogP contribution is -2.11. The van der Waals surface area contributed by atoms with Crippen molar-refractivity contribution in [2.75, 3.05) is 40.1 Å². The monoisotopic (exact) mass is 388 g/mol. The van der Waals surface area contributed by atoms with E-state index in [4.69, 9.17) is 23.7 Å². The topological polar surface area (TPSA) is 80.3 Å². The van der Waals surface area contributed by atoms with Gasteiger partial charge < -0.3 is 23.7 Å². The van der Waals surface area contributed by atoms with Gasteiger partial charge in [-0.1, -0.05) is 0 Å². The Morgan fingerprint density at radius 1 is 0.750 bits per heavy atom. The van der Waals surface area contributed by atoms with Crippen LogP contribution >= 0.6 is 0 Å². The van der Waals surface area contributed by atoms with E-state index in [-0.39, 0.29) is 6.61 Å². The molecule has 0 radical (unpaired) electrons. The van der Waals surface area contributed by atoms with Crippen molar-refractivity contribution in [2.45, 2.75) is 6.92 Å². The fourth-order valence-electron chi connectivity index (χ4n) is 2.18. The largest absolute Gasteiger partial charge is 0.491 e. The summed E-state index contributed by atoms with van der Waals surface area (Å²) in [6.45, 7) is 4.02. The maximum atomic E-state index is 12.2. The van der Waals surface area contributed by atoms with Crippen LogP contribution in [0.4, 0.5) is 0 Å². The van der Waals surface area contributed by atoms with Crippen LogP contribution in [0.15, 0.2) is 48.5 Å². The van der Waals surface area contributed by atoms with Gasteiger partial charge >= 0.3 is 11.9 Å². The number of hydrogen-bond donors (Lipinski definition) is 0.